The fourth-order valence-corrected chi connectivity index (χ4v) is 3.20. The normalized spacial score (nSPS) is 11.7. The molecule has 0 spiro atoms. The van der Waals surface area contributed by atoms with Crippen LogP contribution in [0.1, 0.15) is 58.3 Å². The van der Waals surface area contributed by atoms with E-state index in [1.54, 1.807) is 72.8 Å². The maximum atomic E-state index is 12.7. The monoisotopic (exact) mass is 558 g/mol. The second kappa shape index (κ2) is 13.7. The first-order valence-electron chi connectivity index (χ1n) is 13.5. The highest BCUT2D eigenvalue weighted by atomic mass is 16.6. The topological polar surface area (TPSA) is 118 Å². The second-order valence-electron chi connectivity index (χ2n) is 11.2. The maximum Gasteiger partial charge on any atom is 0.311 e. The molecular weight excluding hydrogens is 520 g/mol. The van der Waals surface area contributed by atoms with Gasteiger partial charge in [0.15, 0.2) is 0 Å². The Balaban J connectivity index is 1.46. The molecule has 0 aliphatic rings. The van der Waals surface area contributed by atoms with E-state index in [2.05, 4.69) is 20.9 Å². The highest BCUT2D eigenvalue weighted by Crippen LogP contribution is 2.24. The van der Waals surface area contributed by atoms with E-state index in [4.69, 9.17) is 9.47 Å². The first-order chi connectivity index (χ1) is 19.4. The number of nitrogens with zero attached hydrogens (tertiary/aromatic N) is 2. The maximum absolute atomic E-state index is 12.7. The van der Waals surface area contributed by atoms with Crippen LogP contribution in [0.3, 0.4) is 0 Å². The molecule has 0 bridgehead atoms. The molecule has 0 atom stereocenters. The van der Waals surface area contributed by atoms with Crippen molar-refractivity contribution in [3.05, 3.63) is 78.4 Å². The van der Waals surface area contributed by atoms with Crippen molar-refractivity contribution in [2.75, 3.05) is 23.8 Å². The van der Waals surface area contributed by atoms with Gasteiger partial charge in [-0.05, 0) is 93.1 Å². The van der Waals surface area contributed by atoms with Crippen LogP contribution in [0.5, 0.6) is 5.75 Å². The summed E-state index contributed by atoms with van der Waals surface area (Å²) < 4.78 is 10.9. The lowest BCUT2D eigenvalue weighted by atomic mass is 9.91. The number of benzene rings is 3. The molecule has 41 heavy (non-hydrogen) atoms. The zero-order chi connectivity index (χ0) is 30.0. The smallest absolute Gasteiger partial charge is 0.311 e. The molecule has 0 aliphatic carbocycles. The summed E-state index contributed by atoms with van der Waals surface area (Å²) in [4.78, 5) is 36.8. The van der Waals surface area contributed by atoms with E-state index in [0.29, 0.717) is 40.5 Å². The highest BCUT2D eigenvalue weighted by Gasteiger charge is 2.26. The third-order valence-corrected chi connectivity index (χ3v) is 6.35. The van der Waals surface area contributed by atoms with Crippen LogP contribution in [-0.4, -0.2) is 31.0 Å². The van der Waals surface area contributed by atoms with E-state index in [-0.39, 0.29) is 31.0 Å². The van der Waals surface area contributed by atoms with Crippen LogP contribution in [0.25, 0.3) is 0 Å². The van der Waals surface area contributed by atoms with Crippen molar-refractivity contribution in [1.82, 2.24) is 0 Å². The van der Waals surface area contributed by atoms with Crippen molar-refractivity contribution in [2.45, 2.75) is 48.0 Å². The van der Waals surface area contributed by atoms with Gasteiger partial charge in [0.2, 0.25) is 5.91 Å². The SMILES string of the molecule is CCC(C)(C)C(=O)OCCOc1ccc(C(=O)Nc2ccc(N=Nc3ccc(NC(=O)C(C)(C)C)cc3)cc2)cc1. The summed E-state index contributed by atoms with van der Waals surface area (Å²) in [6, 6.07) is 20.8. The van der Waals surface area contributed by atoms with E-state index in [1.165, 1.54) is 0 Å². The van der Waals surface area contributed by atoms with E-state index in [9.17, 15) is 14.4 Å². The second-order valence-corrected chi connectivity index (χ2v) is 11.2. The van der Waals surface area contributed by atoms with Gasteiger partial charge >= 0.3 is 5.97 Å². The minimum absolute atomic E-state index is 0.0619. The van der Waals surface area contributed by atoms with Crippen LogP contribution in [0, 0.1) is 10.8 Å². The minimum Gasteiger partial charge on any atom is -0.490 e. The number of amides is 2. The average Bonchev–Trinajstić information content (AvgIpc) is 2.95. The number of carbonyl (C=O) groups is 3. The molecular formula is C32H38N4O5. The number of carbonyl (C=O) groups excluding carboxylic acids is 3. The Morgan fingerprint density at radius 3 is 1.71 bits per heavy atom. The molecule has 0 fully saturated rings. The predicted octanol–water partition coefficient (Wildman–Crippen LogP) is 7.70. The number of hydrogen-bond acceptors (Lipinski definition) is 7. The lowest BCUT2D eigenvalue weighted by Gasteiger charge is -2.20. The fraction of sp³-hybridized carbons (Fsp3) is 0.344. The van der Waals surface area contributed by atoms with Crippen LogP contribution < -0.4 is 15.4 Å². The molecule has 3 aromatic rings. The predicted molar refractivity (Wildman–Crippen MR) is 160 cm³/mol. The summed E-state index contributed by atoms with van der Waals surface area (Å²) in [5.41, 5.74) is 2.06. The Labute approximate surface area is 241 Å². The molecule has 3 rings (SSSR count). The van der Waals surface area contributed by atoms with Crippen LogP contribution >= 0.6 is 0 Å². The van der Waals surface area contributed by atoms with Crippen LogP contribution in [0.4, 0.5) is 22.7 Å². The summed E-state index contributed by atoms with van der Waals surface area (Å²) >= 11 is 0. The third-order valence-electron chi connectivity index (χ3n) is 6.35. The lowest BCUT2D eigenvalue weighted by Crippen LogP contribution is -2.27. The zero-order valence-electron chi connectivity index (χ0n) is 24.5. The van der Waals surface area contributed by atoms with Gasteiger partial charge in [0.05, 0.1) is 16.8 Å². The van der Waals surface area contributed by atoms with Crippen LogP contribution in [-0.2, 0) is 14.3 Å². The van der Waals surface area contributed by atoms with Crippen molar-refractivity contribution >= 4 is 40.5 Å². The molecule has 2 N–H and O–H groups in total. The first kappa shape index (κ1) is 31.0. The van der Waals surface area contributed by atoms with Gasteiger partial charge in [-0.3, -0.25) is 14.4 Å². The molecule has 2 amide bonds. The molecule has 0 saturated carbocycles. The average molecular weight is 559 g/mol. The highest BCUT2D eigenvalue weighted by molar-refractivity contribution is 6.04. The van der Waals surface area contributed by atoms with Crippen molar-refractivity contribution < 1.29 is 23.9 Å². The Bertz CT molecular complexity index is 1360. The number of esters is 1. The fourth-order valence-electron chi connectivity index (χ4n) is 3.20. The Hall–Kier alpha value is -4.53. The van der Waals surface area contributed by atoms with Gasteiger partial charge in [0.1, 0.15) is 19.0 Å². The summed E-state index contributed by atoms with van der Waals surface area (Å²) in [6.07, 6.45) is 0.697. The Morgan fingerprint density at radius 2 is 1.22 bits per heavy atom. The van der Waals surface area contributed by atoms with Gasteiger partial charge in [-0.2, -0.15) is 10.2 Å². The number of ether oxygens (including phenoxy) is 2. The third kappa shape index (κ3) is 9.56. The number of rotatable bonds is 11. The Morgan fingerprint density at radius 1 is 0.707 bits per heavy atom. The van der Waals surface area contributed by atoms with E-state index in [0.717, 1.165) is 0 Å². The molecule has 0 heterocycles. The molecule has 0 saturated heterocycles. The number of nitrogens with one attached hydrogen (secondary N) is 2. The summed E-state index contributed by atoms with van der Waals surface area (Å²) in [5.74, 6) is 0.000631. The van der Waals surface area contributed by atoms with Crippen molar-refractivity contribution in [2.24, 2.45) is 21.1 Å². The van der Waals surface area contributed by atoms with Gasteiger partial charge in [-0.1, -0.05) is 27.7 Å². The minimum atomic E-state index is -0.513. The molecule has 216 valence electrons. The molecule has 9 heteroatoms. The van der Waals surface area contributed by atoms with Crippen LogP contribution in [0.15, 0.2) is 83.0 Å². The van der Waals surface area contributed by atoms with Gasteiger partial charge in [-0.15, -0.1) is 0 Å². The quantitative estimate of drug-likeness (QED) is 0.142. The van der Waals surface area contributed by atoms with E-state index >= 15 is 0 Å². The lowest BCUT2D eigenvalue weighted by molar-refractivity contribution is -0.154. The summed E-state index contributed by atoms with van der Waals surface area (Å²) in [5, 5.41) is 14.2. The van der Waals surface area contributed by atoms with E-state index in [1.807, 2.05) is 41.5 Å². The summed E-state index contributed by atoms with van der Waals surface area (Å²) in [6.45, 7) is 11.6. The van der Waals surface area contributed by atoms with Gasteiger partial charge < -0.3 is 20.1 Å². The molecule has 3 aromatic carbocycles. The number of hydrogen-bond donors (Lipinski definition) is 2. The van der Waals surface area contributed by atoms with Crippen LogP contribution in [0.2, 0.25) is 0 Å². The van der Waals surface area contributed by atoms with Crippen molar-refractivity contribution in [1.29, 1.82) is 0 Å². The zero-order valence-corrected chi connectivity index (χ0v) is 24.5. The standard InChI is InChI=1S/C32H38N4O5/c1-7-32(5,6)30(39)41-21-20-40-27-18-8-22(9-19-27)28(37)33-23-10-14-25(15-11-23)35-36-26-16-12-24(13-17-26)34-29(38)31(2,3)4/h8-19H,7,20-21H2,1-6H3,(H,33,37)(H,34,38). The first-order valence-corrected chi connectivity index (χ1v) is 13.5. The Kier molecular flexibility index (Phi) is 10.4. The molecule has 0 radical (unpaired) electrons. The molecule has 0 aromatic heterocycles. The van der Waals surface area contributed by atoms with Crippen molar-refractivity contribution in [3.63, 3.8) is 0 Å². The number of azo groups is 1. The van der Waals surface area contributed by atoms with Gasteiger partial charge in [0.25, 0.3) is 5.91 Å². The largest absolute Gasteiger partial charge is 0.490 e. The molecule has 0 aliphatic heterocycles. The van der Waals surface area contributed by atoms with Gasteiger partial charge in [0, 0.05) is 22.4 Å². The molecule has 9 nitrogen and oxygen atoms in total. The summed E-state index contributed by atoms with van der Waals surface area (Å²) in [7, 11) is 0. The number of anilines is 2. The van der Waals surface area contributed by atoms with Crippen molar-refractivity contribution in [3.8, 4) is 5.75 Å². The van der Waals surface area contributed by atoms with E-state index < -0.39 is 10.8 Å². The van der Waals surface area contributed by atoms with Gasteiger partial charge in [-0.25, -0.2) is 0 Å². The molecule has 0 unspecified atom stereocenters.